The van der Waals surface area contributed by atoms with Crippen molar-refractivity contribution in [1.29, 1.82) is 0 Å². The number of pyridine rings is 1. The number of nitrogens with zero attached hydrogens (tertiary/aromatic N) is 3. The van der Waals surface area contributed by atoms with E-state index in [9.17, 15) is 13.2 Å². The van der Waals surface area contributed by atoms with Gasteiger partial charge in [0.2, 0.25) is 10.0 Å². The molecule has 3 rings (SSSR count). The van der Waals surface area contributed by atoms with E-state index in [-0.39, 0.29) is 23.5 Å². The van der Waals surface area contributed by atoms with Crippen LogP contribution in [0, 0.1) is 0 Å². The Morgan fingerprint density at radius 1 is 1.19 bits per heavy atom. The molecule has 0 saturated heterocycles. The molecule has 0 aliphatic heterocycles. The Bertz CT molecular complexity index is 1060. The number of aromatic nitrogens is 3. The van der Waals surface area contributed by atoms with Gasteiger partial charge in [-0.25, -0.2) is 13.1 Å². The summed E-state index contributed by atoms with van der Waals surface area (Å²) in [6.07, 6.45) is 3.24. The van der Waals surface area contributed by atoms with Crippen LogP contribution in [0.5, 0.6) is 0 Å². The van der Waals surface area contributed by atoms with Crippen molar-refractivity contribution in [1.82, 2.24) is 24.6 Å². The number of rotatable bonds is 7. The van der Waals surface area contributed by atoms with Gasteiger partial charge >= 0.3 is 0 Å². The van der Waals surface area contributed by atoms with Gasteiger partial charge in [-0.15, -0.1) is 16.8 Å². The van der Waals surface area contributed by atoms with Crippen LogP contribution in [0.1, 0.15) is 16.2 Å². The van der Waals surface area contributed by atoms with E-state index in [1.165, 1.54) is 24.3 Å². The number of carbonyl (C=O) groups excluding carboxylic acids is 1. The number of nitrogens with one attached hydrogen (secondary N) is 2. The first kappa shape index (κ1) is 17.8. The highest BCUT2D eigenvalue weighted by Gasteiger charge is 2.16. The highest BCUT2D eigenvalue weighted by molar-refractivity contribution is 7.89. The molecule has 2 heterocycles. The van der Waals surface area contributed by atoms with Gasteiger partial charge in [-0.1, -0.05) is 18.2 Å². The average molecular weight is 371 g/mol. The Kier molecular flexibility index (Phi) is 5.10. The smallest absolute Gasteiger partial charge is 0.251 e. The first-order valence-corrected chi connectivity index (χ1v) is 9.27. The topological polar surface area (TPSA) is 105 Å². The number of amides is 1. The fourth-order valence-corrected chi connectivity index (χ4v) is 3.37. The molecule has 1 aromatic carbocycles. The standard InChI is InChI=1S/C17H17N5O3S/c1-2-9-19-26(24,25)14-7-5-6-13(11-14)17(23)18-12-16-21-20-15-8-3-4-10-22(15)16/h2-8,10-11,19H,1,9,12H2,(H,18,23). The Hall–Kier alpha value is -3.04. The number of carbonyl (C=O) groups is 1. The van der Waals surface area contributed by atoms with E-state index in [0.717, 1.165) is 0 Å². The van der Waals surface area contributed by atoms with Crippen LogP contribution in [-0.2, 0) is 16.6 Å². The third-order valence-corrected chi connectivity index (χ3v) is 5.04. The average Bonchev–Trinajstić information content (AvgIpc) is 3.08. The van der Waals surface area contributed by atoms with E-state index in [2.05, 4.69) is 26.8 Å². The van der Waals surface area contributed by atoms with Crippen molar-refractivity contribution < 1.29 is 13.2 Å². The predicted molar refractivity (Wildman–Crippen MR) is 96.0 cm³/mol. The molecule has 0 saturated carbocycles. The van der Waals surface area contributed by atoms with Crippen molar-refractivity contribution in [3.8, 4) is 0 Å². The maximum Gasteiger partial charge on any atom is 0.251 e. The molecule has 134 valence electrons. The molecule has 0 spiro atoms. The minimum atomic E-state index is -3.69. The molecule has 0 aliphatic rings. The molecule has 8 nitrogen and oxygen atoms in total. The van der Waals surface area contributed by atoms with Crippen molar-refractivity contribution in [3.05, 3.63) is 72.7 Å². The molecule has 3 aromatic rings. The molecule has 0 radical (unpaired) electrons. The fourth-order valence-electron chi connectivity index (χ4n) is 2.33. The first-order chi connectivity index (χ1) is 12.5. The first-order valence-electron chi connectivity index (χ1n) is 7.79. The van der Waals surface area contributed by atoms with Crippen molar-refractivity contribution in [2.24, 2.45) is 0 Å². The van der Waals surface area contributed by atoms with Crippen LogP contribution in [0.2, 0.25) is 0 Å². The SMILES string of the molecule is C=CCNS(=O)(=O)c1cccc(C(=O)NCc2nnc3ccccn23)c1. The normalized spacial score (nSPS) is 11.4. The Morgan fingerprint density at radius 2 is 2.04 bits per heavy atom. The molecule has 2 N–H and O–H groups in total. The van der Waals surface area contributed by atoms with Crippen LogP contribution >= 0.6 is 0 Å². The van der Waals surface area contributed by atoms with E-state index in [1.807, 2.05) is 18.2 Å². The zero-order valence-corrected chi connectivity index (χ0v) is 14.6. The van der Waals surface area contributed by atoms with Gasteiger partial charge in [-0.2, -0.15) is 0 Å². The number of sulfonamides is 1. The molecule has 0 bridgehead atoms. The maximum atomic E-state index is 12.4. The van der Waals surface area contributed by atoms with Crippen LogP contribution in [0.25, 0.3) is 5.65 Å². The highest BCUT2D eigenvalue weighted by atomic mass is 32.2. The molecule has 9 heteroatoms. The molecular formula is C17H17N5O3S. The number of benzene rings is 1. The van der Waals surface area contributed by atoms with E-state index in [4.69, 9.17) is 0 Å². The Labute approximate surface area is 150 Å². The molecule has 0 unspecified atom stereocenters. The maximum absolute atomic E-state index is 12.4. The largest absolute Gasteiger partial charge is 0.345 e. The molecular weight excluding hydrogens is 354 g/mol. The molecule has 0 aliphatic carbocycles. The van der Waals surface area contributed by atoms with Crippen molar-refractivity contribution >= 4 is 21.6 Å². The third kappa shape index (κ3) is 3.79. The Balaban J connectivity index is 1.74. The van der Waals surface area contributed by atoms with Gasteiger partial charge in [-0.05, 0) is 30.3 Å². The van der Waals surface area contributed by atoms with Gasteiger partial charge in [-0.3, -0.25) is 9.20 Å². The quantitative estimate of drug-likeness (QED) is 0.606. The second-order valence-corrected chi connectivity index (χ2v) is 7.16. The van der Waals surface area contributed by atoms with Gasteiger partial charge in [0.05, 0.1) is 11.4 Å². The summed E-state index contributed by atoms with van der Waals surface area (Å²) in [5.74, 6) is 0.170. The van der Waals surface area contributed by atoms with Gasteiger partial charge in [0.15, 0.2) is 11.5 Å². The summed E-state index contributed by atoms with van der Waals surface area (Å²) < 4.78 is 28.4. The second-order valence-electron chi connectivity index (χ2n) is 5.40. The van der Waals surface area contributed by atoms with Gasteiger partial charge in [0.1, 0.15) is 0 Å². The molecule has 2 aromatic heterocycles. The summed E-state index contributed by atoms with van der Waals surface area (Å²) in [6, 6.07) is 11.3. The summed E-state index contributed by atoms with van der Waals surface area (Å²) >= 11 is 0. The van der Waals surface area contributed by atoms with E-state index in [1.54, 1.807) is 16.7 Å². The van der Waals surface area contributed by atoms with E-state index >= 15 is 0 Å². The number of hydrogen-bond donors (Lipinski definition) is 2. The predicted octanol–water partition coefficient (Wildman–Crippen LogP) is 1.12. The summed E-state index contributed by atoms with van der Waals surface area (Å²) in [6.45, 7) is 3.74. The van der Waals surface area contributed by atoms with Crippen molar-refractivity contribution in [2.45, 2.75) is 11.4 Å². The van der Waals surface area contributed by atoms with Crippen LogP contribution in [0.4, 0.5) is 0 Å². The minimum absolute atomic E-state index is 0.0138. The van der Waals surface area contributed by atoms with Crippen molar-refractivity contribution in [3.63, 3.8) is 0 Å². The lowest BCUT2D eigenvalue weighted by atomic mass is 10.2. The van der Waals surface area contributed by atoms with Gasteiger partial charge in [0, 0.05) is 18.3 Å². The van der Waals surface area contributed by atoms with Crippen LogP contribution < -0.4 is 10.0 Å². The Morgan fingerprint density at radius 3 is 2.85 bits per heavy atom. The summed E-state index contributed by atoms with van der Waals surface area (Å²) in [5, 5.41) is 10.8. The molecule has 1 amide bonds. The number of fused-ring (bicyclic) bond motifs is 1. The lowest BCUT2D eigenvalue weighted by molar-refractivity contribution is 0.0949. The van der Waals surface area contributed by atoms with Gasteiger partial charge < -0.3 is 5.32 Å². The summed E-state index contributed by atoms with van der Waals surface area (Å²) in [7, 11) is -3.69. The van der Waals surface area contributed by atoms with Crippen LogP contribution in [0.15, 0.2) is 66.2 Å². The van der Waals surface area contributed by atoms with Crippen molar-refractivity contribution in [2.75, 3.05) is 6.54 Å². The highest BCUT2D eigenvalue weighted by Crippen LogP contribution is 2.12. The third-order valence-electron chi connectivity index (χ3n) is 3.62. The fraction of sp³-hybridized carbons (Fsp3) is 0.118. The lowest BCUT2D eigenvalue weighted by Crippen LogP contribution is -2.26. The summed E-state index contributed by atoms with van der Waals surface area (Å²) in [5.41, 5.74) is 0.915. The van der Waals surface area contributed by atoms with E-state index in [0.29, 0.717) is 11.5 Å². The lowest BCUT2D eigenvalue weighted by Gasteiger charge is -2.08. The molecule has 0 atom stereocenters. The minimum Gasteiger partial charge on any atom is -0.345 e. The zero-order chi connectivity index (χ0) is 18.6. The van der Waals surface area contributed by atoms with Crippen LogP contribution in [-0.4, -0.2) is 35.5 Å². The van der Waals surface area contributed by atoms with Crippen LogP contribution in [0.3, 0.4) is 0 Å². The second kappa shape index (κ2) is 7.46. The number of hydrogen-bond acceptors (Lipinski definition) is 5. The van der Waals surface area contributed by atoms with E-state index < -0.39 is 15.9 Å². The summed E-state index contributed by atoms with van der Waals surface area (Å²) in [4.78, 5) is 12.4. The monoisotopic (exact) mass is 371 g/mol. The zero-order valence-electron chi connectivity index (χ0n) is 13.8. The molecule has 26 heavy (non-hydrogen) atoms. The van der Waals surface area contributed by atoms with Gasteiger partial charge in [0.25, 0.3) is 5.91 Å². The molecule has 0 fully saturated rings.